The monoisotopic (exact) mass is 664 g/mol. The first-order valence-electron chi connectivity index (χ1n) is 11.2. The molecule has 2 aromatic carbocycles. The summed E-state index contributed by atoms with van der Waals surface area (Å²) in [6, 6.07) is 7.31. The molecule has 0 N–H and O–H groups in total. The van der Waals surface area contributed by atoms with Crippen LogP contribution in [0.2, 0.25) is 0 Å². The number of hydrogen-bond donors (Lipinski definition) is 0. The molecule has 0 amide bonds. The molecule has 0 atom stereocenters. The maximum atomic E-state index is 12.6. The van der Waals surface area contributed by atoms with Crippen LogP contribution in [0.25, 0.3) is 0 Å². The molecule has 1 heterocycles. The fraction of sp³-hybridized carbons (Fsp3) is 0.320. The quantitative estimate of drug-likeness (QED) is 0.271. The van der Waals surface area contributed by atoms with E-state index in [4.69, 9.17) is 28.5 Å². The smallest absolute Gasteiger partial charge is 0.872 e. The number of aliphatic imine (C=N–C) groups is 4. The van der Waals surface area contributed by atoms with Crippen LogP contribution < -0.4 is 34.0 Å². The van der Waals surface area contributed by atoms with Gasteiger partial charge in [-0.15, -0.1) is 10.2 Å². The number of hydrogen-bond acceptors (Lipinski definition) is 12. The minimum Gasteiger partial charge on any atom is -0.872 e. The zero-order valence-electron chi connectivity index (χ0n) is 21.8. The van der Waals surface area contributed by atoms with E-state index in [2.05, 4.69) is 20.0 Å². The molecule has 0 spiro atoms. The predicted molar refractivity (Wildman–Crippen MR) is 126 cm³/mol. The van der Waals surface area contributed by atoms with Crippen molar-refractivity contribution in [3.05, 3.63) is 57.6 Å². The molecule has 0 unspecified atom stereocenters. The molecule has 3 rings (SSSR count). The first kappa shape index (κ1) is 39.5. The van der Waals surface area contributed by atoms with E-state index >= 15 is 0 Å². The summed E-state index contributed by atoms with van der Waals surface area (Å²) in [4.78, 5) is 26.2. The summed E-state index contributed by atoms with van der Waals surface area (Å²) in [5, 5.41) is 34.0. The fourth-order valence-corrected chi connectivity index (χ4v) is 3.06. The molecule has 1 aliphatic heterocycles. The minimum atomic E-state index is -4.94. The van der Waals surface area contributed by atoms with Gasteiger partial charge >= 0.3 is 33.6 Å². The molecule has 0 aromatic heterocycles. The number of carboxylic acids is 1. The number of aliphatic carboxylic acids is 1. The van der Waals surface area contributed by atoms with Gasteiger partial charge in [-0.2, -0.15) is 0 Å². The molecule has 0 fully saturated rings. The van der Waals surface area contributed by atoms with Gasteiger partial charge in [0.15, 0.2) is 0 Å². The number of carboxylic acid groups (broad SMARTS) is 1. The molecular weight excluding hydrogens is 638 g/mol. The molecule has 15 heteroatoms. The van der Waals surface area contributed by atoms with E-state index in [0.717, 1.165) is 24.5 Å². The van der Waals surface area contributed by atoms with E-state index in [0.29, 0.717) is 48.4 Å². The zero-order chi connectivity index (χ0) is 28.7. The summed E-state index contributed by atoms with van der Waals surface area (Å²) < 4.78 is 34.0. The second kappa shape index (κ2) is 20.2. The van der Waals surface area contributed by atoms with E-state index in [1.165, 1.54) is 0 Å². The maximum Gasteiger partial charge on any atom is 2.00 e. The van der Waals surface area contributed by atoms with Crippen molar-refractivity contribution in [1.29, 1.82) is 0 Å². The van der Waals surface area contributed by atoms with E-state index < -0.39 is 16.2 Å². The molecule has 12 nitrogen and oxygen atoms in total. The average molecular weight is 665 g/mol. The van der Waals surface area contributed by atoms with Gasteiger partial charge in [0.2, 0.25) is 0 Å². The average Bonchev–Trinajstić information content (AvgIpc) is 2.78. The van der Waals surface area contributed by atoms with Crippen molar-refractivity contribution in [2.45, 2.75) is 27.2 Å². The van der Waals surface area contributed by atoms with Crippen LogP contribution in [0, 0.1) is 24.1 Å². The summed E-state index contributed by atoms with van der Waals surface area (Å²) in [7, 11) is -4.94. The van der Waals surface area contributed by atoms with Gasteiger partial charge in [0.25, 0.3) is 0 Å². The molecule has 220 valence electrons. The van der Waals surface area contributed by atoms with Gasteiger partial charge in [0, 0.05) is 43.9 Å². The van der Waals surface area contributed by atoms with Gasteiger partial charge in [-0.05, 0) is 60.6 Å². The van der Waals surface area contributed by atoms with Crippen LogP contribution >= 0.6 is 0 Å². The third kappa shape index (κ3) is 17.8. The van der Waals surface area contributed by atoms with Crippen molar-refractivity contribution >= 4 is 30.8 Å². The Morgan fingerprint density at radius 2 is 0.875 bits per heavy atom. The van der Waals surface area contributed by atoms with Crippen molar-refractivity contribution in [1.82, 2.24) is 0 Å². The predicted octanol–water partition coefficient (Wildman–Crippen LogP) is -3.77. The van der Waals surface area contributed by atoms with Crippen LogP contribution in [0.15, 0.2) is 44.2 Å². The Morgan fingerprint density at radius 3 is 1.12 bits per heavy atom. The van der Waals surface area contributed by atoms with E-state index in [1.807, 2.05) is 38.1 Å². The third-order valence-corrected chi connectivity index (χ3v) is 4.44. The van der Waals surface area contributed by atoms with Crippen LogP contribution in [0.3, 0.4) is 0 Å². The molecular formula is C25H27ClCo2N4O8. The third-order valence-electron chi connectivity index (χ3n) is 4.44. The Labute approximate surface area is 255 Å². The van der Waals surface area contributed by atoms with Crippen molar-refractivity contribution < 1.29 is 82.6 Å². The van der Waals surface area contributed by atoms with Gasteiger partial charge < -0.3 is 20.1 Å². The second-order valence-corrected chi connectivity index (χ2v) is 8.67. The van der Waals surface area contributed by atoms with Crippen molar-refractivity contribution in [2.75, 3.05) is 26.2 Å². The number of carbonyl (C=O) groups excluding carboxylic acids is 1. The summed E-state index contributed by atoms with van der Waals surface area (Å²) in [6.07, 6.45) is 7.16. The van der Waals surface area contributed by atoms with Crippen molar-refractivity contribution in [3.63, 3.8) is 0 Å². The summed E-state index contributed by atoms with van der Waals surface area (Å²) >= 11 is 0. The minimum absolute atomic E-state index is 0. The van der Waals surface area contributed by atoms with E-state index in [9.17, 15) is 10.2 Å². The van der Waals surface area contributed by atoms with Gasteiger partial charge in [0.1, 0.15) is 0 Å². The van der Waals surface area contributed by atoms with Gasteiger partial charge in [-0.25, -0.2) is 18.6 Å². The standard InChI is InChI=1S/C23H26N4O2.C2H4O2.ClHO4.2Co/c1-16-8-18-12-24-4-3-5-25-13-19-9-17(2)11-21(23(19)29)15-27-7-6-26-14-20(10-16)22(18)28;1-2(3)4;2-1(3,4)5;;/h8-15,28-29H,3-7H2,1-2H3;1H3,(H,3,4);(H,2,3,4,5);;/q;;;2*+2/p-4. The number of carbonyl (C=O) groups is 1. The second-order valence-electron chi connectivity index (χ2n) is 7.91. The SMILES string of the molecule is CC(=O)[O-].Cc1cc2c([O-])c(c1)C=NCCN=Cc1cc(C)cc(c1[O-])C=NCCCN=C2.[Co+2].[Co+2].[O-][Cl+3]([O-])([O-])[O-]. The Bertz CT molecular complexity index is 1110. The van der Waals surface area contributed by atoms with Crippen LogP contribution in [0.4, 0.5) is 0 Å². The van der Waals surface area contributed by atoms with Crippen LogP contribution in [-0.2, 0) is 38.4 Å². The van der Waals surface area contributed by atoms with Crippen molar-refractivity contribution in [2.24, 2.45) is 20.0 Å². The molecule has 40 heavy (non-hydrogen) atoms. The van der Waals surface area contributed by atoms with Gasteiger partial charge in [-0.1, -0.05) is 35.8 Å². The first-order valence-corrected chi connectivity index (χ1v) is 12.4. The number of aryl methyl sites for hydroxylation is 2. The molecule has 1 aliphatic rings. The molecule has 0 saturated carbocycles. The molecule has 0 saturated heterocycles. The first-order chi connectivity index (χ1) is 17.8. The summed E-state index contributed by atoms with van der Waals surface area (Å²) in [5.74, 6) is -1.24. The molecule has 2 radical (unpaired) electrons. The van der Waals surface area contributed by atoms with Crippen molar-refractivity contribution in [3.8, 4) is 11.5 Å². The molecule has 2 aromatic rings. The Hall–Kier alpha value is -2.67. The normalized spacial score (nSPS) is 13.0. The van der Waals surface area contributed by atoms with Crippen LogP contribution in [-0.4, -0.2) is 57.0 Å². The van der Waals surface area contributed by atoms with Crippen LogP contribution in [0.5, 0.6) is 11.5 Å². The number of fused-ring (bicyclic) bond motifs is 4. The van der Waals surface area contributed by atoms with Gasteiger partial charge in [-0.3, -0.25) is 20.0 Å². The molecule has 0 aliphatic carbocycles. The Kier molecular flexibility index (Phi) is 20.0. The molecule has 4 bridgehead atoms. The van der Waals surface area contributed by atoms with Gasteiger partial charge in [0.05, 0.1) is 13.1 Å². The summed E-state index contributed by atoms with van der Waals surface area (Å²) in [6.45, 7) is 6.84. The Balaban J connectivity index is 0. The number of nitrogens with zero attached hydrogens (tertiary/aromatic N) is 4. The van der Waals surface area contributed by atoms with E-state index in [-0.39, 0.29) is 45.1 Å². The largest absolute Gasteiger partial charge is 2.00 e. The maximum absolute atomic E-state index is 12.6. The topological polar surface area (TPSA) is 228 Å². The van der Waals surface area contributed by atoms with E-state index in [1.54, 1.807) is 24.9 Å². The number of benzene rings is 2. The zero-order valence-corrected chi connectivity index (χ0v) is 24.6. The Morgan fingerprint density at radius 1 is 0.650 bits per heavy atom. The van der Waals surface area contributed by atoms with Crippen LogP contribution in [0.1, 0.15) is 46.7 Å². The number of halogens is 1. The summed E-state index contributed by atoms with van der Waals surface area (Å²) in [5.41, 5.74) is 4.19. The fourth-order valence-electron chi connectivity index (χ4n) is 3.06. The number of rotatable bonds is 0.